The van der Waals surface area contributed by atoms with Gasteiger partial charge in [-0.2, -0.15) is 0 Å². The van der Waals surface area contributed by atoms with Gasteiger partial charge in [0.25, 0.3) is 0 Å². The Morgan fingerprint density at radius 3 is 2.55 bits per heavy atom. The maximum absolute atomic E-state index is 12.9. The molecule has 1 fully saturated rings. The zero-order chi connectivity index (χ0) is 20.5. The first-order valence-electron chi connectivity index (χ1n) is 9.90. The van der Waals surface area contributed by atoms with E-state index in [4.69, 9.17) is 4.74 Å². The van der Waals surface area contributed by atoms with Crippen molar-refractivity contribution in [1.29, 1.82) is 0 Å². The summed E-state index contributed by atoms with van der Waals surface area (Å²) in [5.74, 6) is -0.368. The van der Waals surface area contributed by atoms with E-state index in [2.05, 4.69) is 16.0 Å². The predicted molar refractivity (Wildman–Crippen MR) is 109 cm³/mol. The number of urea groups is 1. The van der Waals surface area contributed by atoms with Crippen LogP contribution >= 0.6 is 0 Å². The molecule has 1 saturated carbocycles. The lowest BCUT2D eigenvalue weighted by Gasteiger charge is -2.29. The minimum absolute atomic E-state index is 0.0379. The van der Waals surface area contributed by atoms with Gasteiger partial charge in [-0.05, 0) is 55.5 Å². The summed E-state index contributed by atoms with van der Waals surface area (Å²) >= 11 is 0. The quantitative estimate of drug-likeness (QED) is 0.680. The Morgan fingerprint density at radius 1 is 1.03 bits per heavy atom. The van der Waals surface area contributed by atoms with Crippen molar-refractivity contribution >= 4 is 17.8 Å². The molecule has 7 heteroatoms. The molecule has 0 heterocycles. The van der Waals surface area contributed by atoms with Crippen LogP contribution in [0.5, 0.6) is 0 Å². The van der Waals surface area contributed by atoms with Crippen molar-refractivity contribution < 1.29 is 18.7 Å². The highest BCUT2D eigenvalue weighted by atomic mass is 19.1. The van der Waals surface area contributed by atoms with E-state index in [0.29, 0.717) is 18.7 Å². The van der Waals surface area contributed by atoms with Crippen LogP contribution in [0.4, 0.5) is 19.7 Å². The van der Waals surface area contributed by atoms with Gasteiger partial charge in [-0.15, -0.1) is 0 Å². The lowest BCUT2D eigenvalue weighted by atomic mass is 9.93. The van der Waals surface area contributed by atoms with Crippen molar-refractivity contribution in [1.82, 2.24) is 10.6 Å². The molecule has 2 atom stereocenters. The molecule has 0 radical (unpaired) electrons. The molecule has 2 aromatic rings. The molecule has 0 aromatic heterocycles. The number of amides is 3. The van der Waals surface area contributed by atoms with E-state index in [0.717, 1.165) is 25.7 Å². The third kappa shape index (κ3) is 7.10. The van der Waals surface area contributed by atoms with Crippen molar-refractivity contribution in [2.75, 3.05) is 11.9 Å². The SMILES string of the molecule is O=C(NCCc1ccccc1)N[C@@H]1CCC[C@@H](OC(=O)Nc2ccc(F)cc2)C1. The number of carbonyl (C=O) groups excluding carboxylic acids is 2. The van der Waals surface area contributed by atoms with E-state index in [9.17, 15) is 14.0 Å². The van der Waals surface area contributed by atoms with Gasteiger partial charge >= 0.3 is 12.1 Å². The molecule has 2 aromatic carbocycles. The average Bonchev–Trinajstić information content (AvgIpc) is 2.71. The molecule has 154 valence electrons. The third-order valence-electron chi connectivity index (χ3n) is 4.87. The Balaban J connectivity index is 1.37. The van der Waals surface area contributed by atoms with Gasteiger partial charge in [-0.25, -0.2) is 14.0 Å². The van der Waals surface area contributed by atoms with Crippen LogP contribution in [0.25, 0.3) is 0 Å². The highest BCUT2D eigenvalue weighted by Gasteiger charge is 2.26. The van der Waals surface area contributed by atoms with E-state index in [1.54, 1.807) is 0 Å². The number of rotatable bonds is 6. The van der Waals surface area contributed by atoms with Gasteiger partial charge in [-0.1, -0.05) is 30.3 Å². The monoisotopic (exact) mass is 399 g/mol. The minimum Gasteiger partial charge on any atom is -0.446 e. The fourth-order valence-electron chi connectivity index (χ4n) is 3.42. The molecule has 29 heavy (non-hydrogen) atoms. The maximum Gasteiger partial charge on any atom is 0.411 e. The topological polar surface area (TPSA) is 79.5 Å². The van der Waals surface area contributed by atoms with E-state index < -0.39 is 6.09 Å². The van der Waals surface area contributed by atoms with Crippen molar-refractivity contribution in [3.05, 3.63) is 66.0 Å². The number of halogens is 1. The van der Waals surface area contributed by atoms with Crippen LogP contribution in [0.3, 0.4) is 0 Å². The number of benzene rings is 2. The highest BCUT2D eigenvalue weighted by molar-refractivity contribution is 5.84. The number of hydrogen-bond acceptors (Lipinski definition) is 3. The summed E-state index contributed by atoms with van der Waals surface area (Å²) in [6.45, 7) is 0.558. The second-order valence-electron chi connectivity index (χ2n) is 7.16. The Labute approximate surface area is 169 Å². The fourth-order valence-corrected chi connectivity index (χ4v) is 3.42. The molecular weight excluding hydrogens is 373 g/mol. The predicted octanol–water partition coefficient (Wildman–Crippen LogP) is 4.23. The average molecular weight is 399 g/mol. The van der Waals surface area contributed by atoms with Gasteiger partial charge in [0.1, 0.15) is 11.9 Å². The molecule has 0 aliphatic heterocycles. The van der Waals surface area contributed by atoms with Gasteiger partial charge in [0.15, 0.2) is 0 Å². The van der Waals surface area contributed by atoms with Gasteiger partial charge < -0.3 is 15.4 Å². The van der Waals surface area contributed by atoms with Crippen molar-refractivity contribution in [2.45, 2.75) is 44.2 Å². The number of hydrogen-bond donors (Lipinski definition) is 3. The zero-order valence-electron chi connectivity index (χ0n) is 16.2. The van der Waals surface area contributed by atoms with Crippen LogP contribution in [0.2, 0.25) is 0 Å². The molecule has 0 spiro atoms. The minimum atomic E-state index is -0.574. The fraction of sp³-hybridized carbons (Fsp3) is 0.364. The molecule has 0 bridgehead atoms. The molecule has 1 aliphatic rings. The van der Waals surface area contributed by atoms with E-state index in [-0.39, 0.29) is 24.0 Å². The van der Waals surface area contributed by atoms with Crippen molar-refractivity contribution in [3.63, 3.8) is 0 Å². The molecule has 0 unspecified atom stereocenters. The molecule has 3 rings (SSSR count). The molecule has 0 saturated heterocycles. The number of ether oxygens (including phenoxy) is 1. The van der Waals surface area contributed by atoms with Crippen LogP contribution in [0.1, 0.15) is 31.2 Å². The molecule has 3 N–H and O–H groups in total. The van der Waals surface area contributed by atoms with Gasteiger partial charge in [0.05, 0.1) is 0 Å². The highest BCUT2D eigenvalue weighted by Crippen LogP contribution is 2.22. The van der Waals surface area contributed by atoms with Crippen LogP contribution < -0.4 is 16.0 Å². The third-order valence-corrected chi connectivity index (χ3v) is 4.87. The van der Waals surface area contributed by atoms with Crippen molar-refractivity contribution in [2.24, 2.45) is 0 Å². The molecule has 6 nitrogen and oxygen atoms in total. The summed E-state index contributed by atoms with van der Waals surface area (Å²) in [6, 6.07) is 15.2. The summed E-state index contributed by atoms with van der Waals surface area (Å²) in [5, 5.41) is 8.42. The van der Waals surface area contributed by atoms with E-state index in [1.807, 2.05) is 30.3 Å². The summed E-state index contributed by atoms with van der Waals surface area (Å²) in [4.78, 5) is 24.2. The lowest BCUT2D eigenvalue weighted by molar-refractivity contribution is 0.0776. The van der Waals surface area contributed by atoms with E-state index >= 15 is 0 Å². The van der Waals surface area contributed by atoms with Gasteiger partial charge in [0, 0.05) is 24.7 Å². The molecule has 1 aliphatic carbocycles. The first-order valence-corrected chi connectivity index (χ1v) is 9.90. The van der Waals surface area contributed by atoms with Crippen LogP contribution in [0.15, 0.2) is 54.6 Å². The second kappa shape index (κ2) is 10.5. The lowest BCUT2D eigenvalue weighted by Crippen LogP contribution is -2.46. The zero-order valence-corrected chi connectivity index (χ0v) is 16.2. The smallest absolute Gasteiger partial charge is 0.411 e. The van der Waals surface area contributed by atoms with E-state index in [1.165, 1.54) is 29.8 Å². The van der Waals surface area contributed by atoms with Gasteiger partial charge in [0.2, 0.25) is 0 Å². The molecular formula is C22H26FN3O3. The largest absolute Gasteiger partial charge is 0.446 e. The number of carbonyl (C=O) groups is 2. The Bertz CT molecular complexity index is 799. The first kappa shape index (κ1) is 20.6. The van der Waals surface area contributed by atoms with Gasteiger partial charge in [-0.3, -0.25) is 5.32 Å². The standard InChI is InChI=1S/C22H26FN3O3/c23-17-9-11-18(12-10-17)26-22(28)29-20-8-4-7-19(15-20)25-21(27)24-14-13-16-5-2-1-3-6-16/h1-3,5-6,9-12,19-20H,4,7-8,13-15H2,(H,26,28)(H2,24,25,27)/t19-,20-/m1/s1. The number of anilines is 1. The van der Waals surface area contributed by atoms with Crippen LogP contribution in [-0.4, -0.2) is 30.8 Å². The Kier molecular flexibility index (Phi) is 7.44. The summed E-state index contributed by atoms with van der Waals surface area (Å²) in [7, 11) is 0. The maximum atomic E-state index is 12.9. The molecule has 3 amide bonds. The summed E-state index contributed by atoms with van der Waals surface area (Å²) < 4.78 is 18.4. The summed E-state index contributed by atoms with van der Waals surface area (Å²) in [6.07, 6.45) is 2.98. The Morgan fingerprint density at radius 2 is 1.79 bits per heavy atom. The summed E-state index contributed by atoms with van der Waals surface area (Å²) in [5.41, 5.74) is 1.64. The first-order chi connectivity index (χ1) is 14.1. The van der Waals surface area contributed by atoms with Crippen LogP contribution in [0, 0.1) is 5.82 Å². The number of nitrogens with one attached hydrogen (secondary N) is 3. The van der Waals surface area contributed by atoms with Crippen LogP contribution in [-0.2, 0) is 11.2 Å². The normalized spacial score (nSPS) is 18.5. The second-order valence-corrected chi connectivity index (χ2v) is 7.16. The van der Waals surface area contributed by atoms with Crippen molar-refractivity contribution in [3.8, 4) is 0 Å². The Hall–Kier alpha value is -3.09.